The molecule has 1 aliphatic rings. The van der Waals surface area contributed by atoms with Crippen LogP contribution in [0, 0.1) is 0 Å². The fourth-order valence-corrected chi connectivity index (χ4v) is 1.71. The molecule has 6 heteroatoms. The van der Waals surface area contributed by atoms with Gasteiger partial charge in [-0.1, -0.05) is 0 Å². The van der Waals surface area contributed by atoms with Crippen LogP contribution in [0.2, 0.25) is 0 Å². The smallest absolute Gasteiger partial charge is 0.326 e. The molecule has 3 atom stereocenters. The molecule has 0 aromatic rings. The number of ether oxygens (including phenoxy) is 1. The van der Waals surface area contributed by atoms with Gasteiger partial charge in [-0.2, -0.15) is 0 Å². The van der Waals surface area contributed by atoms with Crippen LogP contribution >= 0.6 is 0 Å². The lowest BCUT2D eigenvalue weighted by molar-refractivity contribution is -0.148. The average Bonchev–Trinajstić information content (AvgIpc) is 2.60. The molecule has 0 aromatic heterocycles. The van der Waals surface area contributed by atoms with Crippen LogP contribution in [0.15, 0.2) is 0 Å². The maximum absolute atomic E-state index is 11.6. The van der Waals surface area contributed by atoms with Crippen molar-refractivity contribution in [3.63, 3.8) is 0 Å². The van der Waals surface area contributed by atoms with Crippen molar-refractivity contribution in [1.29, 1.82) is 0 Å². The predicted molar refractivity (Wildman–Crippen MR) is 52.2 cm³/mol. The maximum Gasteiger partial charge on any atom is 0.326 e. The van der Waals surface area contributed by atoms with Crippen molar-refractivity contribution >= 4 is 11.9 Å². The van der Waals surface area contributed by atoms with Gasteiger partial charge in [-0.3, -0.25) is 4.79 Å². The second-order valence-corrected chi connectivity index (χ2v) is 3.73. The van der Waals surface area contributed by atoms with Crippen molar-refractivity contribution in [2.24, 2.45) is 5.73 Å². The standard InChI is InChI=1S/C9H16N2O4/c1-5(10)8(12)11-4-6(15-2)3-7(11)9(13)14/h5-7H,3-4,10H2,1-2H3,(H,13,14). The Hall–Kier alpha value is -1.14. The minimum atomic E-state index is -1.01. The third-order valence-electron chi connectivity index (χ3n) is 2.55. The van der Waals surface area contributed by atoms with Gasteiger partial charge in [0, 0.05) is 20.1 Å². The lowest BCUT2D eigenvalue weighted by atomic mass is 10.2. The number of nitrogens with two attached hydrogens (primary N) is 1. The molecule has 0 aliphatic carbocycles. The fraction of sp³-hybridized carbons (Fsp3) is 0.778. The second-order valence-electron chi connectivity index (χ2n) is 3.73. The zero-order chi connectivity index (χ0) is 11.6. The van der Waals surface area contributed by atoms with Gasteiger partial charge in [0.15, 0.2) is 0 Å². The van der Waals surface area contributed by atoms with Gasteiger partial charge in [0.25, 0.3) is 0 Å². The predicted octanol–water partition coefficient (Wildman–Crippen LogP) is -0.966. The summed E-state index contributed by atoms with van der Waals surface area (Å²) in [6.07, 6.45) is 0.110. The van der Waals surface area contributed by atoms with Crippen molar-refractivity contribution in [2.45, 2.75) is 31.5 Å². The largest absolute Gasteiger partial charge is 0.480 e. The van der Waals surface area contributed by atoms with E-state index in [0.717, 1.165) is 0 Å². The van der Waals surface area contributed by atoms with Crippen LogP contribution in [0.3, 0.4) is 0 Å². The summed E-state index contributed by atoms with van der Waals surface area (Å²) in [5.41, 5.74) is 5.44. The lowest BCUT2D eigenvalue weighted by Crippen LogP contribution is -2.47. The van der Waals surface area contributed by atoms with Gasteiger partial charge in [-0.25, -0.2) is 4.79 Å². The molecule has 0 saturated carbocycles. The van der Waals surface area contributed by atoms with Crippen LogP contribution < -0.4 is 5.73 Å². The number of methoxy groups -OCH3 is 1. The summed E-state index contributed by atoms with van der Waals surface area (Å²) in [6.45, 7) is 1.84. The molecule has 1 rings (SSSR count). The van der Waals surface area contributed by atoms with Crippen molar-refractivity contribution in [1.82, 2.24) is 4.90 Å². The zero-order valence-corrected chi connectivity index (χ0v) is 8.84. The minimum absolute atomic E-state index is 0.214. The molecule has 1 heterocycles. The van der Waals surface area contributed by atoms with Gasteiger partial charge in [0.1, 0.15) is 6.04 Å². The molecule has 0 aromatic carbocycles. The number of amides is 1. The van der Waals surface area contributed by atoms with E-state index in [9.17, 15) is 9.59 Å². The third kappa shape index (κ3) is 2.45. The Morgan fingerprint density at radius 2 is 2.20 bits per heavy atom. The Morgan fingerprint density at radius 3 is 2.60 bits per heavy atom. The molecule has 3 unspecified atom stereocenters. The Kier molecular flexibility index (Phi) is 3.65. The first-order valence-electron chi connectivity index (χ1n) is 4.79. The summed E-state index contributed by atoms with van der Waals surface area (Å²) in [6, 6.07) is -1.49. The van der Waals surface area contributed by atoms with Crippen LogP contribution in [0.5, 0.6) is 0 Å². The Bertz CT molecular complexity index is 267. The van der Waals surface area contributed by atoms with Crippen LogP contribution in [0.1, 0.15) is 13.3 Å². The second kappa shape index (κ2) is 4.59. The van der Waals surface area contributed by atoms with Gasteiger partial charge >= 0.3 is 5.97 Å². The Labute approximate surface area is 88.0 Å². The molecular formula is C9H16N2O4. The first-order valence-corrected chi connectivity index (χ1v) is 4.79. The normalized spacial score (nSPS) is 27.8. The van der Waals surface area contributed by atoms with Gasteiger partial charge in [-0.05, 0) is 6.92 Å². The first kappa shape index (κ1) is 11.9. The zero-order valence-electron chi connectivity index (χ0n) is 8.84. The summed E-state index contributed by atoms with van der Waals surface area (Å²) in [7, 11) is 1.50. The molecule has 1 amide bonds. The van der Waals surface area contributed by atoms with E-state index in [-0.39, 0.29) is 12.0 Å². The van der Waals surface area contributed by atoms with Crippen molar-refractivity contribution < 1.29 is 19.4 Å². The molecule has 1 aliphatic heterocycles. The molecule has 0 radical (unpaired) electrons. The SMILES string of the molecule is COC1CC(C(=O)O)N(C(=O)C(C)N)C1. The number of nitrogens with zero attached hydrogens (tertiary/aromatic N) is 1. The quantitative estimate of drug-likeness (QED) is 0.633. The van der Waals surface area contributed by atoms with E-state index in [0.29, 0.717) is 13.0 Å². The number of carbonyl (C=O) groups excluding carboxylic acids is 1. The monoisotopic (exact) mass is 216 g/mol. The van der Waals surface area contributed by atoms with Crippen molar-refractivity contribution in [2.75, 3.05) is 13.7 Å². The van der Waals surface area contributed by atoms with Crippen LogP contribution in [-0.2, 0) is 14.3 Å². The summed E-state index contributed by atoms with van der Waals surface area (Å²) in [5, 5.41) is 8.94. The highest BCUT2D eigenvalue weighted by Crippen LogP contribution is 2.20. The van der Waals surface area contributed by atoms with Crippen molar-refractivity contribution in [3.05, 3.63) is 0 Å². The molecule has 15 heavy (non-hydrogen) atoms. The molecule has 86 valence electrons. The van der Waals surface area contributed by atoms with Gasteiger partial charge < -0.3 is 20.5 Å². The minimum Gasteiger partial charge on any atom is -0.480 e. The molecule has 0 spiro atoms. The molecule has 3 N–H and O–H groups in total. The van der Waals surface area contributed by atoms with E-state index >= 15 is 0 Å². The lowest BCUT2D eigenvalue weighted by Gasteiger charge is -2.22. The van der Waals surface area contributed by atoms with Crippen LogP contribution in [0.25, 0.3) is 0 Å². The molecule has 0 bridgehead atoms. The van der Waals surface area contributed by atoms with E-state index in [1.807, 2.05) is 0 Å². The van der Waals surface area contributed by atoms with E-state index in [1.54, 1.807) is 6.92 Å². The van der Waals surface area contributed by atoms with Crippen LogP contribution in [0.4, 0.5) is 0 Å². The summed E-state index contributed by atoms with van der Waals surface area (Å²) >= 11 is 0. The number of hydrogen-bond donors (Lipinski definition) is 2. The third-order valence-corrected chi connectivity index (χ3v) is 2.55. The first-order chi connectivity index (χ1) is 6.97. The highest BCUT2D eigenvalue weighted by molar-refractivity contribution is 5.87. The van der Waals surface area contributed by atoms with Gasteiger partial charge in [0.05, 0.1) is 12.1 Å². The summed E-state index contributed by atoms with van der Waals surface area (Å²) < 4.78 is 5.05. The Balaban J connectivity index is 2.77. The van der Waals surface area contributed by atoms with E-state index in [1.165, 1.54) is 12.0 Å². The molecular weight excluding hydrogens is 200 g/mol. The maximum atomic E-state index is 11.6. The highest BCUT2D eigenvalue weighted by Gasteiger charge is 2.40. The topological polar surface area (TPSA) is 92.9 Å². The average molecular weight is 216 g/mol. The number of carboxylic acids is 1. The summed E-state index contributed by atoms with van der Waals surface area (Å²) in [4.78, 5) is 23.8. The number of carboxylic acid groups (broad SMARTS) is 1. The van der Waals surface area contributed by atoms with Gasteiger partial charge in [-0.15, -0.1) is 0 Å². The fourth-order valence-electron chi connectivity index (χ4n) is 1.71. The van der Waals surface area contributed by atoms with E-state index < -0.39 is 18.1 Å². The van der Waals surface area contributed by atoms with E-state index in [2.05, 4.69) is 0 Å². The number of rotatable bonds is 3. The molecule has 6 nitrogen and oxygen atoms in total. The van der Waals surface area contributed by atoms with Gasteiger partial charge in [0.2, 0.25) is 5.91 Å². The van der Waals surface area contributed by atoms with Crippen molar-refractivity contribution in [3.8, 4) is 0 Å². The molecule has 1 saturated heterocycles. The van der Waals surface area contributed by atoms with E-state index in [4.69, 9.17) is 15.6 Å². The highest BCUT2D eigenvalue weighted by atomic mass is 16.5. The number of carbonyl (C=O) groups is 2. The summed E-state index contributed by atoms with van der Waals surface area (Å²) in [5.74, 6) is -1.36. The van der Waals surface area contributed by atoms with Crippen LogP contribution in [-0.4, -0.2) is 53.7 Å². The molecule has 1 fully saturated rings. The number of aliphatic carboxylic acids is 1. The Morgan fingerprint density at radius 1 is 1.60 bits per heavy atom. The number of likely N-dealkylation sites (tertiary alicyclic amines) is 1. The number of hydrogen-bond acceptors (Lipinski definition) is 4.